The highest BCUT2D eigenvalue weighted by Gasteiger charge is 2.13. The van der Waals surface area contributed by atoms with Crippen molar-refractivity contribution in [1.82, 2.24) is 9.38 Å². The first kappa shape index (κ1) is 15.6. The first-order valence-corrected chi connectivity index (χ1v) is 8.50. The number of fused-ring (bicyclic) bond motifs is 1. The molecule has 4 rings (SSSR count). The molecule has 0 atom stereocenters. The summed E-state index contributed by atoms with van der Waals surface area (Å²) in [6.07, 6.45) is 6.58. The highest BCUT2D eigenvalue weighted by molar-refractivity contribution is 6.03. The van der Waals surface area contributed by atoms with Gasteiger partial charge < -0.3 is 14.6 Å². The molecule has 1 aliphatic rings. The molecule has 0 radical (unpaired) electrons. The third kappa shape index (κ3) is 3.33. The zero-order chi connectivity index (χ0) is 17.2. The summed E-state index contributed by atoms with van der Waals surface area (Å²) in [6, 6.07) is 10.7. The van der Waals surface area contributed by atoms with Crippen molar-refractivity contribution in [1.29, 1.82) is 0 Å². The van der Waals surface area contributed by atoms with Gasteiger partial charge in [0.2, 0.25) is 0 Å². The number of carbonyl (C=O) groups excluding carboxylic acids is 1. The maximum Gasteiger partial charge on any atom is 0.275 e. The number of imidazole rings is 1. The van der Waals surface area contributed by atoms with Crippen molar-refractivity contribution >= 4 is 22.9 Å². The number of pyridine rings is 1. The maximum atomic E-state index is 13.2. The molecule has 0 bridgehead atoms. The van der Waals surface area contributed by atoms with E-state index >= 15 is 0 Å². The average Bonchev–Trinajstić information content (AvgIpc) is 3.06. The summed E-state index contributed by atoms with van der Waals surface area (Å²) in [5.74, 6) is -0.681. The van der Waals surface area contributed by atoms with Crippen LogP contribution in [0.1, 0.15) is 29.8 Å². The molecular weight excluding hydrogens is 319 g/mol. The smallest absolute Gasteiger partial charge is 0.275 e. The Labute approximate surface area is 145 Å². The number of rotatable bonds is 3. The molecule has 0 saturated carbocycles. The van der Waals surface area contributed by atoms with E-state index in [1.54, 1.807) is 6.07 Å². The molecule has 1 saturated heterocycles. The Hall–Kier alpha value is -2.89. The van der Waals surface area contributed by atoms with Crippen LogP contribution in [0.4, 0.5) is 15.8 Å². The zero-order valence-electron chi connectivity index (χ0n) is 13.8. The third-order valence-corrected chi connectivity index (χ3v) is 4.49. The molecule has 0 unspecified atom stereocenters. The van der Waals surface area contributed by atoms with Crippen molar-refractivity contribution in [3.63, 3.8) is 0 Å². The number of carbonyl (C=O) groups is 1. The van der Waals surface area contributed by atoms with Gasteiger partial charge in [0.15, 0.2) is 0 Å². The van der Waals surface area contributed by atoms with Crippen LogP contribution in [0.3, 0.4) is 0 Å². The molecule has 1 amide bonds. The van der Waals surface area contributed by atoms with Crippen LogP contribution in [-0.4, -0.2) is 28.4 Å². The van der Waals surface area contributed by atoms with Crippen LogP contribution in [-0.2, 0) is 0 Å². The summed E-state index contributed by atoms with van der Waals surface area (Å²) in [4.78, 5) is 18.9. The number of aromatic nitrogens is 2. The van der Waals surface area contributed by atoms with Crippen molar-refractivity contribution in [2.24, 2.45) is 0 Å². The van der Waals surface area contributed by atoms with Crippen molar-refractivity contribution in [2.45, 2.75) is 19.3 Å². The van der Waals surface area contributed by atoms with Crippen molar-refractivity contribution in [3.05, 3.63) is 60.3 Å². The minimum absolute atomic E-state index is 0.255. The van der Waals surface area contributed by atoms with Crippen LogP contribution in [0.15, 0.2) is 48.8 Å². The van der Waals surface area contributed by atoms with E-state index in [1.165, 1.54) is 47.8 Å². The summed E-state index contributed by atoms with van der Waals surface area (Å²) >= 11 is 0. The quantitative estimate of drug-likeness (QED) is 0.792. The second kappa shape index (κ2) is 6.55. The molecule has 2 aromatic heterocycles. The fraction of sp³-hybridized carbons (Fsp3) is 0.263. The van der Waals surface area contributed by atoms with E-state index in [-0.39, 0.29) is 17.4 Å². The zero-order valence-corrected chi connectivity index (χ0v) is 13.8. The Bertz CT molecular complexity index is 897. The molecule has 5 nitrogen and oxygen atoms in total. The van der Waals surface area contributed by atoms with Gasteiger partial charge in [-0.05, 0) is 55.7 Å². The van der Waals surface area contributed by atoms with E-state index in [2.05, 4.69) is 15.2 Å². The van der Waals surface area contributed by atoms with Crippen molar-refractivity contribution in [2.75, 3.05) is 23.3 Å². The second-order valence-electron chi connectivity index (χ2n) is 6.29. The Morgan fingerprint density at radius 2 is 1.76 bits per heavy atom. The summed E-state index contributed by atoms with van der Waals surface area (Å²) < 4.78 is 14.7. The van der Waals surface area contributed by atoms with Crippen LogP contribution in [0, 0.1) is 5.82 Å². The van der Waals surface area contributed by atoms with E-state index in [4.69, 9.17) is 0 Å². The molecule has 0 spiro atoms. The molecular formula is C19H19FN4O. The third-order valence-electron chi connectivity index (χ3n) is 4.49. The molecule has 1 N–H and O–H groups in total. The number of benzene rings is 1. The Morgan fingerprint density at radius 1 is 1.00 bits per heavy atom. The van der Waals surface area contributed by atoms with Gasteiger partial charge in [0.1, 0.15) is 17.2 Å². The van der Waals surface area contributed by atoms with Gasteiger partial charge in [-0.2, -0.15) is 0 Å². The number of halogens is 1. The number of nitrogens with zero attached hydrogens (tertiary/aromatic N) is 3. The number of hydrogen-bond acceptors (Lipinski definition) is 3. The molecule has 1 fully saturated rings. The van der Waals surface area contributed by atoms with E-state index in [0.717, 1.165) is 13.1 Å². The fourth-order valence-corrected chi connectivity index (χ4v) is 3.18. The van der Waals surface area contributed by atoms with Crippen LogP contribution in [0.2, 0.25) is 0 Å². The van der Waals surface area contributed by atoms with Gasteiger partial charge >= 0.3 is 0 Å². The first-order valence-electron chi connectivity index (χ1n) is 8.50. The summed E-state index contributed by atoms with van der Waals surface area (Å²) in [7, 11) is 0. The molecule has 3 aromatic rings. The Morgan fingerprint density at radius 3 is 2.52 bits per heavy atom. The lowest BCUT2D eigenvalue weighted by Crippen LogP contribution is -2.29. The highest BCUT2D eigenvalue weighted by Crippen LogP contribution is 2.22. The largest absolute Gasteiger partial charge is 0.372 e. The molecule has 3 heterocycles. The van der Waals surface area contributed by atoms with Crippen LogP contribution < -0.4 is 10.2 Å². The lowest BCUT2D eigenvalue weighted by atomic mass is 10.1. The average molecular weight is 338 g/mol. The molecule has 1 aliphatic heterocycles. The molecule has 25 heavy (non-hydrogen) atoms. The van der Waals surface area contributed by atoms with Gasteiger partial charge in [-0.25, -0.2) is 9.37 Å². The minimum Gasteiger partial charge on any atom is -0.372 e. The minimum atomic E-state index is -0.370. The molecule has 128 valence electrons. The number of piperidine rings is 1. The fourth-order valence-electron chi connectivity index (χ4n) is 3.18. The van der Waals surface area contributed by atoms with E-state index in [9.17, 15) is 9.18 Å². The molecule has 6 heteroatoms. The number of hydrogen-bond donors (Lipinski definition) is 1. The number of anilines is 2. The van der Waals surface area contributed by atoms with Crippen LogP contribution >= 0.6 is 0 Å². The Kier molecular flexibility index (Phi) is 4.09. The lowest BCUT2D eigenvalue weighted by Gasteiger charge is -2.28. The van der Waals surface area contributed by atoms with Gasteiger partial charge in [-0.1, -0.05) is 0 Å². The lowest BCUT2D eigenvalue weighted by molar-refractivity contribution is 0.102. The standard InChI is InChI=1S/C19H19FN4O/c20-14-4-9-18-22-17(13-24(18)12-14)19(25)21-15-5-7-16(8-6-15)23-10-2-1-3-11-23/h4-9,12-13H,1-3,10-11H2,(H,21,25). The normalized spacial score (nSPS) is 14.7. The number of amides is 1. The summed E-state index contributed by atoms with van der Waals surface area (Å²) in [5, 5.41) is 2.84. The molecule has 1 aromatic carbocycles. The highest BCUT2D eigenvalue weighted by atomic mass is 19.1. The van der Waals surface area contributed by atoms with Crippen LogP contribution in [0.25, 0.3) is 5.65 Å². The first-order chi connectivity index (χ1) is 12.2. The van der Waals surface area contributed by atoms with Crippen LogP contribution in [0.5, 0.6) is 0 Å². The SMILES string of the molecule is O=C(Nc1ccc(N2CCCCC2)cc1)c1cn2cc(F)ccc2n1. The number of nitrogens with one attached hydrogen (secondary N) is 1. The van der Waals surface area contributed by atoms with Crippen molar-refractivity contribution < 1.29 is 9.18 Å². The summed E-state index contributed by atoms with van der Waals surface area (Å²) in [5.41, 5.74) is 2.69. The predicted octanol–water partition coefficient (Wildman–Crippen LogP) is 3.72. The monoisotopic (exact) mass is 338 g/mol. The topological polar surface area (TPSA) is 49.6 Å². The van der Waals surface area contributed by atoms with E-state index in [0.29, 0.717) is 11.3 Å². The van der Waals surface area contributed by atoms with Gasteiger partial charge in [-0.15, -0.1) is 0 Å². The summed E-state index contributed by atoms with van der Waals surface area (Å²) in [6.45, 7) is 2.17. The van der Waals surface area contributed by atoms with Gasteiger partial charge in [0, 0.05) is 36.9 Å². The van der Waals surface area contributed by atoms with E-state index in [1.807, 2.05) is 24.3 Å². The second-order valence-corrected chi connectivity index (χ2v) is 6.29. The molecule has 0 aliphatic carbocycles. The predicted molar refractivity (Wildman–Crippen MR) is 95.6 cm³/mol. The van der Waals surface area contributed by atoms with Crippen molar-refractivity contribution in [3.8, 4) is 0 Å². The van der Waals surface area contributed by atoms with Gasteiger partial charge in [0.25, 0.3) is 5.91 Å². The van der Waals surface area contributed by atoms with Gasteiger partial charge in [-0.3, -0.25) is 4.79 Å². The maximum absolute atomic E-state index is 13.2. The Balaban J connectivity index is 1.47. The van der Waals surface area contributed by atoms with E-state index < -0.39 is 0 Å². The van der Waals surface area contributed by atoms with Gasteiger partial charge in [0.05, 0.1) is 0 Å².